The number of nitrogens with zero attached hydrogens (tertiary/aromatic N) is 1. The molecular weight excluding hydrogens is 182 g/mol. The molecule has 1 aromatic carbocycles. The number of hydrogen-bond acceptors (Lipinski definition) is 1. The van der Waals surface area contributed by atoms with Crippen molar-refractivity contribution in [2.45, 2.75) is 46.6 Å². The van der Waals surface area contributed by atoms with E-state index in [1.807, 2.05) is 0 Å². The largest absolute Gasteiger partial charge is 0.286 e. The summed E-state index contributed by atoms with van der Waals surface area (Å²) in [6, 6.07) is 2.26. The van der Waals surface area contributed by atoms with Gasteiger partial charge in [-0.25, -0.2) is 0 Å². The van der Waals surface area contributed by atoms with E-state index in [9.17, 15) is 0 Å². The minimum atomic E-state index is 0.0675. The van der Waals surface area contributed by atoms with Crippen LogP contribution in [0.4, 0.5) is 0 Å². The minimum Gasteiger partial charge on any atom is -0.286 e. The van der Waals surface area contributed by atoms with Crippen molar-refractivity contribution in [1.82, 2.24) is 0 Å². The van der Waals surface area contributed by atoms with E-state index in [0.29, 0.717) is 0 Å². The molecule has 0 amide bonds. The van der Waals surface area contributed by atoms with Gasteiger partial charge in [-0.3, -0.25) is 4.99 Å². The van der Waals surface area contributed by atoms with Gasteiger partial charge in [-0.1, -0.05) is 6.07 Å². The Hall–Kier alpha value is -1.11. The maximum atomic E-state index is 4.61. The molecule has 0 bridgehead atoms. The molecule has 1 heterocycles. The summed E-state index contributed by atoms with van der Waals surface area (Å²) in [6.07, 6.45) is 3.12. The van der Waals surface area contributed by atoms with Crippen molar-refractivity contribution in [2.75, 3.05) is 0 Å². The molecule has 1 heteroatoms. The molecule has 80 valence electrons. The van der Waals surface area contributed by atoms with E-state index < -0.39 is 0 Å². The Morgan fingerprint density at radius 2 is 1.80 bits per heavy atom. The Morgan fingerprint density at radius 1 is 1.13 bits per heavy atom. The van der Waals surface area contributed by atoms with E-state index in [1.54, 1.807) is 0 Å². The second-order valence-corrected chi connectivity index (χ2v) is 5.28. The smallest absolute Gasteiger partial charge is 0.0592 e. The normalized spacial score (nSPS) is 17.7. The van der Waals surface area contributed by atoms with E-state index in [-0.39, 0.29) is 5.54 Å². The van der Waals surface area contributed by atoms with Crippen molar-refractivity contribution >= 4 is 6.21 Å². The van der Waals surface area contributed by atoms with E-state index in [4.69, 9.17) is 0 Å². The summed E-state index contributed by atoms with van der Waals surface area (Å²) in [5.74, 6) is 0. The number of rotatable bonds is 0. The summed E-state index contributed by atoms with van der Waals surface area (Å²) in [5, 5.41) is 0. The molecule has 1 aromatic rings. The lowest BCUT2D eigenvalue weighted by Crippen LogP contribution is -2.26. The lowest BCUT2D eigenvalue weighted by molar-refractivity contribution is 0.514. The highest BCUT2D eigenvalue weighted by Gasteiger charge is 2.24. The van der Waals surface area contributed by atoms with Gasteiger partial charge in [0.1, 0.15) is 0 Å². The highest BCUT2D eigenvalue weighted by Crippen LogP contribution is 2.29. The summed E-state index contributed by atoms with van der Waals surface area (Å²) in [4.78, 5) is 4.61. The lowest BCUT2D eigenvalue weighted by atomic mass is 9.84. The number of aryl methyl sites for hydroxylation is 2. The molecule has 0 saturated heterocycles. The second-order valence-electron chi connectivity index (χ2n) is 5.28. The van der Waals surface area contributed by atoms with Crippen LogP contribution < -0.4 is 0 Å². The number of hydrogen-bond donors (Lipinski definition) is 0. The van der Waals surface area contributed by atoms with E-state index in [1.165, 1.54) is 27.8 Å². The first kappa shape index (κ1) is 10.4. The summed E-state index contributed by atoms with van der Waals surface area (Å²) in [7, 11) is 0. The Labute approximate surface area is 92.2 Å². The van der Waals surface area contributed by atoms with Gasteiger partial charge in [0.15, 0.2) is 0 Å². The van der Waals surface area contributed by atoms with Crippen LogP contribution in [-0.2, 0) is 6.42 Å². The van der Waals surface area contributed by atoms with Crippen molar-refractivity contribution in [3.05, 3.63) is 33.9 Å². The first-order chi connectivity index (χ1) is 6.91. The summed E-state index contributed by atoms with van der Waals surface area (Å²) in [5.41, 5.74) is 7.10. The fraction of sp³-hybridized carbons (Fsp3) is 0.500. The van der Waals surface area contributed by atoms with Gasteiger partial charge in [0, 0.05) is 6.21 Å². The van der Waals surface area contributed by atoms with Gasteiger partial charge in [-0.15, -0.1) is 0 Å². The summed E-state index contributed by atoms with van der Waals surface area (Å²) in [6.45, 7) is 11.0. The SMILES string of the molecule is Cc1cc(C)c2c(c1C)CC(C)(C)N=C2. The van der Waals surface area contributed by atoms with Crippen LogP contribution in [0.25, 0.3) is 0 Å². The monoisotopic (exact) mass is 201 g/mol. The predicted molar refractivity (Wildman–Crippen MR) is 66.0 cm³/mol. The van der Waals surface area contributed by atoms with Crippen molar-refractivity contribution in [3.8, 4) is 0 Å². The highest BCUT2D eigenvalue weighted by molar-refractivity contribution is 5.86. The summed E-state index contributed by atoms with van der Waals surface area (Å²) >= 11 is 0. The Morgan fingerprint density at radius 3 is 2.47 bits per heavy atom. The highest BCUT2D eigenvalue weighted by atomic mass is 14.8. The molecule has 0 saturated carbocycles. The second kappa shape index (κ2) is 3.19. The van der Waals surface area contributed by atoms with Crippen LogP contribution in [0.5, 0.6) is 0 Å². The van der Waals surface area contributed by atoms with Gasteiger partial charge < -0.3 is 0 Å². The number of benzene rings is 1. The molecule has 15 heavy (non-hydrogen) atoms. The van der Waals surface area contributed by atoms with Crippen LogP contribution >= 0.6 is 0 Å². The van der Waals surface area contributed by atoms with Gasteiger partial charge in [-0.05, 0) is 68.9 Å². The van der Waals surface area contributed by atoms with Gasteiger partial charge in [0.25, 0.3) is 0 Å². The van der Waals surface area contributed by atoms with Crippen molar-refractivity contribution < 1.29 is 0 Å². The minimum absolute atomic E-state index is 0.0675. The standard InChI is InChI=1S/C14H19N/c1-9-6-10(2)13-8-15-14(4,5)7-12(13)11(9)3/h6,8H,7H2,1-5H3. The zero-order valence-electron chi connectivity index (χ0n) is 10.3. The third-order valence-corrected chi connectivity index (χ3v) is 3.38. The van der Waals surface area contributed by atoms with Crippen LogP contribution in [0.1, 0.15) is 41.7 Å². The predicted octanol–water partition coefficient (Wildman–Crippen LogP) is 3.37. The Kier molecular flexibility index (Phi) is 2.22. The molecule has 0 fully saturated rings. The maximum Gasteiger partial charge on any atom is 0.0592 e. The molecule has 1 nitrogen and oxygen atoms in total. The quantitative estimate of drug-likeness (QED) is 0.610. The average molecular weight is 201 g/mol. The molecule has 0 aliphatic carbocycles. The van der Waals surface area contributed by atoms with Gasteiger partial charge in [0.2, 0.25) is 0 Å². The van der Waals surface area contributed by atoms with E-state index in [0.717, 1.165) is 6.42 Å². The average Bonchev–Trinajstić information content (AvgIpc) is 2.13. The van der Waals surface area contributed by atoms with Gasteiger partial charge in [0.05, 0.1) is 5.54 Å². The topological polar surface area (TPSA) is 12.4 Å². The van der Waals surface area contributed by atoms with Gasteiger partial charge >= 0.3 is 0 Å². The van der Waals surface area contributed by atoms with Crippen LogP contribution in [-0.4, -0.2) is 11.8 Å². The fourth-order valence-electron chi connectivity index (χ4n) is 2.31. The Bertz CT molecular complexity index is 439. The molecule has 0 atom stereocenters. The van der Waals surface area contributed by atoms with Crippen molar-refractivity contribution in [3.63, 3.8) is 0 Å². The third-order valence-electron chi connectivity index (χ3n) is 3.38. The van der Waals surface area contributed by atoms with Crippen LogP contribution in [0.2, 0.25) is 0 Å². The van der Waals surface area contributed by atoms with Crippen LogP contribution in [0.3, 0.4) is 0 Å². The van der Waals surface area contributed by atoms with Crippen LogP contribution in [0.15, 0.2) is 11.1 Å². The number of fused-ring (bicyclic) bond motifs is 1. The molecular formula is C14H19N. The Balaban J connectivity index is 2.66. The molecule has 1 aliphatic heterocycles. The fourth-order valence-corrected chi connectivity index (χ4v) is 2.31. The van der Waals surface area contributed by atoms with E-state index in [2.05, 4.69) is 51.9 Å². The van der Waals surface area contributed by atoms with Crippen LogP contribution in [0, 0.1) is 20.8 Å². The van der Waals surface area contributed by atoms with Crippen molar-refractivity contribution in [1.29, 1.82) is 0 Å². The zero-order chi connectivity index (χ0) is 11.2. The molecule has 1 aliphatic rings. The summed E-state index contributed by atoms with van der Waals surface area (Å²) < 4.78 is 0. The molecule has 0 spiro atoms. The molecule has 0 aromatic heterocycles. The van der Waals surface area contributed by atoms with Crippen molar-refractivity contribution in [2.24, 2.45) is 4.99 Å². The molecule has 0 N–H and O–H groups in total. The number of aliphatic imine (C=N–C) groups is 1. The molecule has 2 rings (SSSR count). The third kappa shape index (κ3) is 1.71. The van der Waals surface area contributed by atoms with E-state index >= 15 is 0 Å². The first-order valence-electron chi connectivity index (χ1n) is 5.55. The van der Waals surface area contributed by atoms with Gasteiger partial charge in [-0.2, -0.15) is 0 Å². The zero-order valence-corrected chi connectivity index (χ0v) is 10.3. The first-order valence-corrected chi connectivity index (χ1v) is 5.55. The molecule has 0 radical (unpaired) electrons. The lowest BCUT2D eigenvalue weighted by Gasteiger charge is -2.28. The molecule has 0 unspecified atom stereocenters. The maximum absolute atomic E-state index is 4.61.